The van der Waals surface area contributed by atoms with Crippen molar-refractivity contribution in [1.82, 2.24) is 23.6 Å². The maximum absolute atomic E-state index is 14.7. The number of anilines is 2. The summed E-state index contributed by atoms with van der Waals surface area (Å²) in [5.41, 5.74) is 0.625. The molecule has 43 heavy (non-hydrogen) atoms. The third-order valence-electron chi connectivity index (χ3n) is 8.31. The van der Waals surface area contributed by atoms with Gasteiger partial charge in [0, 0.05) is 51.4 Å². The molecule has 2 aliphatic heterocycles. The standard InChI is InChI=1S/C30H30FN7O5/c1-18(39)19-8-10-21(11-9-19)38-24(40)16-23(27(38)41)35-12-14-36(15-13-35)29-32-26-25(28(42)34(3)30(43)33(26)2)37(29)17-20-6-4-5-7-22(20)31/h4-11,23H,12-17H2,1-3H3. The van der Waals surface area contributed by atoms with Gasteiger partial charge in [-0.3, -0.25) is 37.8 Å². The normalized spacial score (nSPS) is 17.8. The van der Waals surface area contributed by atoms with Crippen molar-refractivity contribution >= 4 is 40.4 Å². The van der Waals surface area contributed by atoms with Crippen molar-refractivity contribution in [1.29, 1.82) is 0 Å². The molecule has 2 aromatic carbocycles. The predicted molar refractivity (Wildman–Crippen MR) is 157 cm³/mol. The average molecular weight is 588 g/mol. The molecule has 2 saturated heterocycles. The first-order valence-electron chi connectivity index (χ1n) is 13.9. The van der Waals surface area contributed by atoms with Gasteiger partial charge >= 0.3 is 5.69 Å². The number of amides is 2. The van der Waals surface area contributed by atoms with Crippen molar-refractivity contribution < 1.29 is 18.8 Å². The topological polar surface area (TPSA) is 123 Å². The highest BCUT2D eigenvalue weighted by molar-refractivity contribution is 6.22. The molecule has 222 valence electrons. The molecule has 4 aromatic rings. The van der Waals surface area contributed by atoms with Gasteiger partial charge in [0.15, 0.2) is 16.9 Å². The van der Waals surface area contributed by atoms with E-state index in [4.69, 9.17) is 0 Å². The minimum absolute atomic E-state index is 0.0269. The quantitative estimate of drug-likeness (QED) is 0.244. The van der Waals surface area contributed by atoms with E-state index in [1.165, 1.54) is 36.6 Å². The predicted octanol–water partition coefficient (Wildman–Crippen LogP) is 1.28. The van der Waals surface area contributed by atoms with Gasteiger partial charge in [0.2, 0.25) is 11.9 Å². The first-order valence-corrected chi connectivity index (χ1v) is 13.9. The molecular weight excluding hydrogens is 557 g/mol. The first kappa shape index (κ1) is 28.2. The zero-order valence-corrected chi connectivity index (χ0v) is 24.0. The Morgan fingerprint density at radius 1 is 0.930 bits per heavy atom. The fourth-order valence-electron chi connectivity index (χ4n) is 5.87. The summed E-state index contributed by atoms with van der Waals surface area (Å²) >= 11 is 0. The van der Waals surface area contributed by atoms with Crippen molar-refractivity contribution in [2.45, 2.75) is 25.9 Å². The summed E-state index contributed by atoms with van der Waals surface area (Å²) in [5, 5.41) is 0. The molecule has 1 unspecified atom stereocenters. The first-order chi connectivity index (χ1) is 20.6. The number of fused-ring (bicyclic) bond motifs is 1. The number of carbonyl (C=O) groups excluding carboxylic acids is 3. The lowest BCUT2D eigenvalue weighted by atomic mass is 10.1. The molecule has 13 heteroatoms. The van der Waals surface area contributed by atoms with Crippen LogP contribution in [0.3, 0.4) is 0 Å². The van der Waals surface area contributed by atoms with Crippen molar-refractivity contribution in [2.75, 3.05) is 36.0 Å². The Morgan fingerprint density at radius 3 is 2.26 bits per heavy atom. The van der Waals surface area contributed by atoms with Crippen LogP contribution < -0.4 is 21.0 Å². The van der Waals surface area contributed by atoms with E-state index >= 15 is 0 Å². The number of imide groups is 1. The lowest BCUT2D eigenvalue weighted by Crippen LogP contribution is -2.53. The maximum atomic E-state index is 14.7. The molecule has 2 amide bonds. The van der Waals surface area contributed by atoms with Crippen LogP contribution in [0.5, 0.6) is 0 Å². The van der Waals surface area contributed by atoms with Gasteiger partial charge in [0.25, 0.3) is 11.5 Å². The van der Waals surface area contributed by atoms with E-state index < -0.39 is 23.1 Å². The smallest absolute Gasteiger partial charge is 0.332 e. The van der Waals surface area contributed by atoms with Gasteiger partial charge in [-0.1, -0.05) is 18.2 Å². The fourth-order valence-corrected chi connectivity index (χ4v) is 5.87. The molecule has 6 rings (SSSR count). The van der Waals surface area contributed by atoms with Gasteiger partial charge in [-0.05, 0) is 37.3 Å². The van der Waals surface area contributed by atoms with E-state index in [0.717, 1.165) is 4.57 Å². The molecule has 2 aliphatic rings. The molecule has 0 radical (unpaired) electrons. The summed E-state index contributed by atoms with van der Waals surface area (Å²) < 4.78 is 18.7. The number of imidazole rings is 1. The number of rotatable bonds is 6. The summed E-state index contributed by atoms with van der Waals surface area (Å²) in [4.78, 5) is 73.6. The van der Waals surface area contributed by atoms with Crippen LogP contribution in [0.4, 0.5) is 16.0 Å². The summed E-state index contributed by atoms with van der Waals surface area (Å²) in [6, 6.07) is 12.1. The molecule has 2 fully saturated rings. The van der Waals surface area contributed by atoms with Crippen molar-refractivity contribution in [3.63, 3.8) is 0 Å². The lowest BCUT2D eigenvalue weighted by molar-refractivity contribution is -0.123. The molecule has 0 spiro atoms. The molecule has 12 nitrogen and oxygen atoms in total. The minimum Gasteiger partial charge on any atom is -0.340 e. The van der Waals surface area contributed by atoms with Gasteiger partial charge < -0.3 is 4.90 Å². The number of Topliss-reactive ketones (excluding diaryl/α,β-unsaturated/α-hetero) is 1. The summed E-state index contributed by atoms with van der Waals surface area (Å²) in [7, 11) is 2.93. The summed E-state index contributed by atoms with van der Waals surface area (Å²) in [6.45, 7) is 3.17. The summed E-state index contributed by atoms with van der Waals surface area (Å²) in [6.07, 6.45) is 0.0389. The Morgan fingerprint density at radius 2 is 1.60 bits per heavy atom. The largest absolute Gasteiger partial charge is 0.340 e. The van der Waals surface area contributed by atoms with Gasteiger partial charge in [-0.15, -0.1) is 0 Å². The second kappa shape index (κ2) is 10.7. The number of piperazine rings is 1. The Kier molecular flexibility index (Phi) is 7.04. The Balaban J connectivity index is 1.27. The van der Waals surface area contributed by atoms with E-state index in [1.807, 2.05) is 9.80 Å². The molecule has 1 atom stereocenters. The lowest BCUT2D eigenvalue weighted by Gasteiger charge is -2.37. The van der Waals surface area contributed by atoms with Gasteiger partial charge in [0.05, 0.1) is 24.7 Å². The maximum Gasteiger partial charge on any atom is 0.332 e. The molecule has 0 saturated carbocycles. The number of aryl methyl sites for hydroxylation is 1. The van der Waals surface area contributed by atoms with E-state index in [9.17, 15) is 28.4 Å². The SMILES string of the molecule is CC(=O)c1ccc(N2C(=O)CC(N3CCN(c4nc5c(c(=O)n(C)c(=O)n5C)n4Cc4ccccc4F)CC3)C2=O)cc1. The van der Waals surface area contributed by atoms with Gasteiger partial charge in [-0.25, -0.2) is 14.1 Å². The second-order valence-corrected chi connectivity index (χ2v) is 10.9. The van der Waals surface area contributed by atoms with E-state index in [0.29, 0.717) is 48.9 Å². The van der Waals surface area contributed by atoms with Crippen molar-refractivity contribution in [3.05, 3.63) is 86.3 Å². The van der Waals surface area contributed by atoms with Crippen LogP contribution in [0.2, 0.25) is 0 Å². The van der Waals surface area contributed by atoms with Crippen LogP contribution in [0.1, 0.15) is 29.3 Å². The zero-order chi connectivity index (χ0) is 30.6. The van der Waals surface area contributed by atoms with Crippen LogP contribution in [-0.4, -0.2) is 73.4 Å². The number of carbonyl (C=O) groups is 3. The molecule has 0 bridgehead atoms. The van der Waals surface area contributed by atoms with E-state index in [1.54, 1.807) is 47.0 Å². The highest BCUT2D eigenvalue weighted by Gasteiger charge is 2.43. The van der Waals surface area contributed by atoms with Crippen molar-refractivity contribution in [2.24, 2.45) is 14.1 Å². The Bertz CT molecular complexity index is 1900. The molecule has 0 N–H and O–H groups in total. The van der Waals surface area contributed by atoms with Crippen LogP contribution in [0.25, 0.3) is 11.2 Å². The number of hydrogen-bond donors (Lipinski definition) is 0. The van der Waals surface area contributed by atoms with Gasteiger partial charge in [-0.2, -0.15) is 4.98 Å². The zero-order valence-electron chi connectivity index (χ0n) is 24.0. The second-order valence-electron chi connectivity index (χ2n) is 10.9. The molecule has 4 heterocycles. The Labute approximate surface area is 245 Å². The van der Waals surface area contributed by atoms with Crippen LogP contribution in [-0.2, 0) is 30.2 Å². The van der Waals surface area contributed by atoms with Crippen LogP contribution >= 0.6 is 0 Å². The number of benzene rings is 2. The molecular formula is C30H30FN7O5. The summed E-state index contributed by atoms with van der Waals surface area (Å²) in [5.74, 6) is -0.744. The number of nitrogens with zero attached hydrogens (tertiary/aromatic N) is 7. The van der Waals surface area contributed by atoms with Crippen LogP contribution in [0.15, 0.2) is 58.1 Å². The van der Waals surface area contributed by atoms with E-state index in [2.05, 4.69) is 4.98 Å². The number of hydrogen-bond acceptors (Lipinski definition) is 8. The Hall–Kier alpha value is -4.91. The average Bonchev–Trinajstić information content (AvgIpc) is 3.53. The van der Waals surface area contributed by atoms with Crippen molar-refractivity contribution in [3.8, 4) is 0 Å². The number of aromatic nitrogens is 4. The highest BCUT2D eigenvalue weighted by Crippen LogP contribution is 2.28. The third-order valence-corrected chi connectivity index (χ3v) is 8.31. The number of ketones is 1. The number of halogens is 1. The van der Waals surface area contributed by atoms with Gasteiger partial charge in [0.1, 0.15) is 5.82 Å². The van der Waals surface area contributed by atoms with Crippen LogP contribution in [0, 0.1) is 5.82 Å². The third kappa shape index (κ3) is 4.75. The fraction of sp³-hybridized carbons (Fsp3) is 0.333. The monoisotopic (exact) mass is 587 g/mol. The highest BCUT2D eigenvalue weighted by atomic mass is 19.1. The molecule has 0 aliphatic carbocycles. The minimum atomic E-state index is -0.632. The molecule has 2 aromatic heterocycles. The van der Waals surface area contributed by atoms with E-state index in [-0.39, 0.29) is 41.7 Å².